The molecule has 0 fully saturated rings. The third kappa shape index (κ3) is 2.31. The average molecular weight is 264 g/mol. The molecule has 2 aromatic heterocycles. The van der Waals surface area contributed by atoms with Gasteiger partial charge in [-0.1, -0.05) is 18.2 Å². The molecule has 0 aliphatic heterocycles. The molecular formula is C15H12N4O. The third-order valence-corrected chi connectivity index (χ3v) is 2.96. The maximum Gasteiger partial charge on any atom is 0.148 e. The summed E-state index contributed by atoms with van der Waals surface area (Å²) in [7, 11) is 0. The van der Waals surface area contributed by atoms with Crippen molar-refractivity contribution >= 4 is 16.8 Å². The van der Waals surface area contributed by atoms with Crippen molar-refractivity contribution in [3.05, 3.63) is 42.7 Å². The molecule has 2 heterocycles. The van der Waals surface area contributed by atoms with Crippen LogP contribution < -0.4 is 5.32 Å². The molecule has 3 rings (SSSR count). The summed E-state index contributed by atoms with van der Waals surface area (Å²) in [5.74, 6) is 0.664. The molecule has 3 aromatic rings. The Labute approximate surface area is 115 Å². The Morgan fingerprint density at radius 3 is 2.85 bits per heavy atom. The molecule has 1 N–H and O–H groups in total. The molecule has 0 amide bonds. The number of rotatable bonds is 4. The fraction of sp³-hybridized carbons (Fsp3) is 0.133. The van der Waals surface area contributed by atoms with Gasteiger partial charge in [0.05, 0.1) is 18.2 Å². The first-order valence-corrected chi connectivity index (χ1v) is 6.29. The molecule has 98 valence electrons. The number of para-hydroxylation sites is 1. The summed E-state index contributed by atoms with van der Waals surface area (Å²) in [6.45, 7) is 0.569. The van der Waals surface area contributed by atoms with Crippen LogP contribution in [0.5, 0.6) is 0 Å². The number of benzene rings is 1. The summed E-state index contributed by atoms with van der Waals surface area (Å²) in [5, 5.41) is 20.8. The molecule has 0 unspecified atom stereocenters. The lowest BCUT2D eigenvalue weighted by Crippen LogP contribution is -2.03. The Morgan fingerprint density at radius 1 is 1.15 bits per heavy atom. The largest absolute Gasteiger partial charge is 0.464 e. The molecule has 0 aliphatic carbocycles. The van der Waals surface area contributed by atoms with E-state index in [0.29, 0.717) is 18.8 Å². The van der Waals surface area contributed by atoms with E-state index in [1.54, 1.807) is 6.26 Å². The Hall–Kier alpha value is -2.87. The number of anilines is 1. The van der Waals surface area contributed by atoms with E-state index in [4.69, 9.17) is 9.68 Å². The summed E-state index contributed by atoms with van der Waals surface area (Å²) in [6.07, 6.45) is 2.13. The van der Waals surface area contributed by atoms with Crippen LogP contribution >= 0.6 is 0 Å². The van der Waals surface area contributed by atoms with Crippen LogP contribution in [0.25, 0.3) is 22.2 Å². The van der Waals surface area contributed by atoms with Crippen molar-refractivity contribution in [3.63, 3.8) is 0 Å². The first kappa shape index (κ1) is 12.2. The van der Waals surface area contributed by atoms with Crippen molar-refractivity contribution in [2.24, 2.45) is 0 Å². The number of furan rings is 1. The second kappa shape index (κ2) is 5.41. The van der Waals surface area contributed by atoms with Gasteiger partial charge in [-0.05, 0) is 18.2 Å². The Kier molecular flexibility index (Phi) is 3.29. The highest BCUT2D eigenvalue weighted by atomic mass is 16.3. The van der Waals surface area contributed by atoms with Crippen LogP contribution in [0.4, 0.5) is 5.82 Å². The highest BCUT2D eigenvalue weighted by molar-refractivity contribution is 5.92. The van der Waals surface area contributed by atoms with E-state index in [1.165, 1.54) is 0 Å². The molecule has 0 radical (unpaired) electrons. The van der Waals surface area contributed by atoms with E-state index in [2.05, 4.69) is 21.6 Å². The molecule has 0 aliphatic rings. The number of hydrogen-bond acceptors (Lipinski definition) is 5. The van der Waals surface area contributed by atoms with Gasteiger partial charge >= 0.3 is 0 Å². The Balaban J connectivity index is 1.86. The Morgan fingerprint density at radius 2 is 2.05 bits per heavy atom. The molecule has 5 nitrogen and oxygen atoms in total. The number of aromatic nitrogens is 2. The third-order valence-electron chi connectivity index (χ3n) is 2.96. The van der Waals surface area contributed by atoms with Crippen LogP contribution in [0.3, 0.4) is 0 Å². The zero-order valence-corrected chi connectivity index (χ0v) is 10.7. The minimum atomic E-state index is 0.440. The van der Waals surface area contributed by atoms with E-state index in [0.717, 1.165) is 22.2 Å². The fourth-order valence-electron chi connectivity index (χ4n) is 1.99. The van der Waals surface area contributed by atoms with Crippen LogP contribution in [0.2, 0.25) is 0 Å². The maximum absolute atomic E-state index is 8.48. The van der Waals surface area contributed by atoms with Gasteiger partial charge in [-0.15, -0.1) is 10.2 Å². The van der Waals surface area contributed by atoms with E-state index in [1.807, 2.05) is 36.4 Å². The number of hydrogen-bond donors (Lipinski definition) is 1. The van der Waals surface area contributed by atoms with Gasteiger partial charge in [0.25, 0.3) is 0 Å². The van der Waals surface area contributed by atoms with Gasteiger partial charge in [0, 0.05) is 17.5 Å². The maximum atomic E-state index is 8.48. The van der Waals surface area contributed by atoms with Crippen LogP contribution in [0, 0.1) is 11.3 Å². The standard InChI is InChI=1S/C15H12N4O/c16-8-3-9-17-15-7-6-13(18-19-15)12-10-20-14-5-2-1-4-11(12)14/h1-2,4-7,10H,3,9H2,(H,17,19). The predicted molar refractivity (Wildman–Crippen MR) is 76.0 cm³/mol. The number of nitriles is 1. The summed E-state index contributed by atoms with van der Waals surface area (Å²) < 4.78 is 5.49. The van der Waals surface area contributed by atoms with Crippen molar-refractivity contribution < 1.29 is 4.42 Å². The molecule has 0 atom stereocenters. The van der Waals surface area contributed by atoms with Crippen LogP contribution in [0.15, 0.2) is 47.1 Å². The minimum Gasteiger partial charge on any atom is -0.464 e. The van der Waals surface area contributed by atoms with E-state index >= 15 is 0 Å². The predicted octanol–water partition coefficient (Wildman–Crippen LogP) is 3.22. The first-order chi connectivity index (χ1) is 9.88. The van der Waals surface area contributed by atoms with Gasteiger partial charge in [-0.2, -0.15) is 5.26 Å². The van der Waals surface area contributed by atoms with Gasteiger partial charge in [0.2, 0.25) is 0 Å². The highest BCUT2D eigenvalue weighted by Gasteiger charge is 2.09. The quantitative estimate of drug-likeness (QED) is 0.732. The lowest BCUT2D eigenvalue weighted by Gasteiger charge is -2.02. The van der Waals surface area contributed by atoms with Crippen LogP contribution in [0.1, 0.15) is 6.42 Å². The molecule has 0 saturated heterocycles. The SMILES string of the molecule is N#CCCNc1ccc(-c2coc3ccccc23)nn1. The summed E-state index contributed by atoms with van der Waals surface area (Å²) >= 11 is 0. The van der Waals surface area contributed by atoms with E-state index in [-0.39, 0.29) is 0 Å². The van der Waals surface area contributed by atoms with E-state index in [9.17, 15) is 0 Å². The second-order valence-corrected chi connectivity index (χ2v) is 4.28. The summed E-state index contributed by atoms with van der Waals surface area (Å²) in [4.78, 5) is 0. The van der Waals surface area contributed by atoms with Crippen molar-refractivity contribution in [2.75, 3.05) is 11.9 Å². The van der Waals surface area contributed by atoms with Gasteiger partial charge in [0.1, 0.15) is 17.7 Å². The number of nitrogens with zero attached hydrogens (tertiary/aromatic N) is 3. The molecule has 0 spiro atoms. The number of fused-ring (bicyclic) bond motifs is 1. The minimum absolute atomic E-state index is 0.440. The van der Waals surface area contributed by atoms with Gasteiger partial charge < -0.3 is 9.73 Å². The molecular weight excluding hydrogens is 252 g/mol. The topological polar surface area (TPSA) is 74.7 Å². The second-order valence-electron chi connectivity index (χ2n) is 4.28. The average Bonchev–Trinajstić information content (AvgIpc) is 2.92. The summed E-state index contributed by atoms with van der Waals surface area (Å²) in [5.41, 5.74) is 2.53. The van der Waals surface area contributed by atoms with Gasteiger partial charge in [-0.3, -0.25) is 0 Å². The number of nitrogens with one attached hydrogen (secondary N) is 1. The summed E-state index contributed by atoms with van der Waals surface area (Å²) in [6, 6.07) is 13.6. The lowest BCUT2D eigenvalue weighted by atomic mass is 10.1. The Bertz CT molecular complexity index is 755. The zero-order chi connectivity index (χ0) is 13.8. The molecule has 0 bridgehead atoms. The van der Waals surface area contributed by atoms with Crippen molar-refractivity contribution in [3.8, 4) is 17.3 Å². The van der Waals surface area contributed by atoms with Gasteiger partial charge in [0.15, 0.2) is 0 Å². The molecule has 20 heavy (non-hydrogen) atoms. The van der Waals surface area contributed by atoms with E-state index < -0.39 is 0 Å². The van der Waals surface area contributed by atoms with Crippen LogP contribution in [-0.4, -0.2) is 16.7 Å². The molecule has 1 aromatic carbocycles. The smallest absolute Gasteiger partial charge is 0.148 e. The van der Waals surface area contributed by atoms with Crippen molar-refractivity contribution in [1.29, 1.82) is 5.26 Å². The lowest BCUT2D eigenvalue weighted by molar-refractivity contribution is 0.616. The van der Waals surface area contributed by atoms with Crippen molar-refractivity contribution in [2.45, 2.75) is 6.42 Å². The zero-order valence-electron chi connectivity index (χ0n) is 10.7. The van der Waals surface area contributed by atoms with Crippen LogP contribution in [-0.2, 0) is 0 Å². The highest BCUT2D eigenvalue weighted by Crippen LogP contribution is 2.28. The normalized spacial score (nSPS) is 10.3. The molecule has 0 saturated carbocycles. The fourth-order valence-corrected chi connectivity index (χ4v) is 1.99. The van der Waals surface area contributed by atoms with Crippen molar-refractivity contribution in [1.82, 2.24) is 10.2 Å². The molecule has 5 heteroatoms. The first-order valence-electron chi connectivity index (χ1n) is 6.29. The van der Waals surface area contributed by atoms with Gasteiger partial charge in [-0.25, -0.2) is 0 Å². The monoisotopic (exact) mass is 264 g/mol.